The quantitative estimate of drug-likeness (QED) is 0.414. The summed E-state index contributed by atoms with van der Waals surface area (Å²) < 4.78 is 19.6. The number of benzene rings is 1. The second-order valence-corrected chi connectivity index (χ2v) is 6.60. The van der Waals surface area contributed by atoms with Crippen LogP contribution < -0.4 is 4.74 Å². The summed E-state index contributed by atoms with van der Waals surface area (Å²) >= 11 is 3.62. The molecule has 0 atom stereocenters. The fraction of sp³-hybridized carbons (Fsp3) is 0.588. The van der Waals surface area contributed by atoms with Crippen LogP contribution in [0.1, 0.15) is 55.8 Å². The van der Waals surface area contributed by atoms with E-state index in [1.54, 1.807) is 6.07 Å². The number of hydrogen-bond acceptors (Lipinski definition) is 2. The zero-order valence-electron chi connectivity index (χ0n) is 12.5. The minimum Gasteiger partial charge on any atom is -0.493 e. The van der Waals surface area contributed by atoms with E-state index in [4.69, 9.17) is 4.74 Å². The van der Waals surface area contributed by atoms with Crippen molar-refractivity contribution in [1.29, 1.82) is 0 Å². The van der Waals surface area contributed by atoms with Gasteiger partial charge < -0.3 is 4.74 Å². The summed E-state index contributed by atoms with van der Waals surface area (Å²) in [5.41, 5.74) is 0.263. The number of ketones is 1. The molecule has 0 amide bonds. The van der Waals surface area contributed by atoms with E-state index >= 15 is 0 Å². The molecule has 0 aromatic heterocycles. The zero-order chi connectivity index (χ0) is 15.3. The number of Topliss-reactive ketones (excluding diaryl/α,β-unsaturated/α-hetero) is 1. The van der Waals surface area contributed by atoms with Gasteiger partial charge in [-0.25, -0.2) is 4.39 Å². The lowest BCUT2D eigenvalue weighted by Gasteiger charge is -2.30. The Morgan fingerprint density at radius 2 is 1.95 bits per heavy atom. The molecule has 21 heavy (non-hydrogen) atoms. The minimum atomic E-state index is -0.506. The highest BCUT2D eigenvalue weighted by atomic mass is 79.9. The van der Waals surface area contributed by atoms with Gasteiger partial charge in [0.15, 0.2) is 5.78 Å². The third-order valence-corrected chi connectivity index (χ3v) is 5.50. The standard InChI is InChI=1S/C17H22BrFO2/c1-13(20)15-7-6-14(10-16(15)19)21-12-17(11-18)8-4-2-3-5-9-17/h6-7,10H,2-5,8-9,11-12H2,1H3. The third kappa shape index (κ3) is 4.29. The molecule has 0 bridgehead atoms. The Balaban J connectivity index is 2.04. The Bertz CT molecular complexity index is 494. The van der Waals surface area contributed by atoms with E-state index in [0.29, 0.717) is 12.4 Å². The smallest absolute Gasteiger partial charge is 0.162 e. The maximum Gasteiger partial charge on any atom is 0.162 e. The lowest BCUT2D eigenvalue weighted by atomic mass is 9.83. The van der Waals surface area contributed by atoms with Gasteiger partial charge in [-0.1, -0.05) is 41.6 Å². The molecule has 0 aliphatic heterocycles. The molecule has 116 valence electrons. The second kappa shape index (κ2) is 7.39. The zero-order valence-corrected chi connectivity index (χ0v) is 14.0. The number of hydrogen-bond donors (Lipinski definition) is 0. The highest BCUT2D eigenvalue weighted by molar-refractivity contribution is 9.09. The highest BCUT2D eigenvalue weighted by Gasteiger charge is 2.30. The lowest BCUT2D eigenvalue weighted by molar-refractivity contribution is 0.101. The second-order valence-electron chi connectivity index (χ2n) is 6.03. The number of halogens is 2. The first-order valence-electron chi connectivity index (χ1n) is 7.56. The monoisotopic (exact) mass is 356 g/mol. The number of ether oxygens (including phenoxy) is 1. The Morgan fingerprint density at radius 1 is 1.29 bits per heavy atom. The summed E-state index contributed by atoms with van der Waals surface area (Å²) in [5.74, 6) is -0.268. The summed E-state index contributed by atoms with van der Waals surface area (Å²) in [6.45, 7) is 1.96. The Morgan fingerprint density at radius 3 is 2.48 bits per heavy atom. The fourth-order valence-corrected chi connectivity index (χ4v) is 3.63. The molecule has 1 saturated carbocycles. The van der Waals surface area contributed by atoms with Crippen molar-refractivity contribution in [3.63, 3.8) is 0 Å². The van der Waals surface area contributed by atoms with E-state index in [1.165, 1.54) is 44.7 Å². The minimum absolute atomic E-state index is 0.118. The van der Waals surface area contributed by atoms with Crippen molar-refractivity contribution in [1.82, 2.24) is 0 Å². The molecule has 0 unspecified atom stereocenters. The van der Waals surface area contributed by atoms with Gasteiger partial charge in [-0.05, 0) is 31.9 Å². The molecule has 0 N–H and O–H groups in total. The maximum absolute atomic E-state index is 13.8. The normalized spacial score (nSPS) is 18.0. The predicted octanol–water partition coefficient (Wildman–Crippen LogP) is 5.14. The molecule has 2 rings (SSSR count). The highest BCUT2D eigenvalue weighted by Crippen LogP contribution is 2.37. The SMILES string of the molecule is CC(=O)c1ccc(OCC2(CBr)CCCCCC2)cc1F. The summed E-state index contributed by atoms with van der Waals surface area (Å²) in [6.07, 6.45) is 7.32. The van der Waals surface area contributed by atoms with Gasteiger partial charge in [-0.15, -0.1) is 0 Å². The first kappa shape index (κ1) is 16.5. The molecule has 0 saturated heterocycles. The van der Waals surface area contributed by atoms with E-state index in [2.05, 4.69) is 15.9 Å². The van der Waals surface area contributed by atoms with Crippen LogP contribution in [0.3, 0.4) is 0 Å². The Hall–Kier alpha value is -0.900. The van der Waals surface area contributed by atoms with Crippen LogP contribution in [0.2, 0.25) is 0 Å². The number of carbonyl (C=O) groups excluding carboxylic acids is 1. The molecule has 0 spiro atoms. The van der Waals surface area contributed by atoms with Gasteiger partial charge >= 0.3 is 0 Å². The molecule has 2 nitrogen and oxygen atoms in total. The largest absolute Gasteiger partial charge is 0.493 e. The van der Waals surface area contributed by atoms with Crippen LogP contribution in [-0.4, -0.2) is 17.7 Å². The molecule has 1 aromatic carbocycles. The average molecular weight is 357 g/mol. The topological polar surface area (TPSA) is 26.3 Å². The van der Waals surface area contributed by atoms with Crippen molar-refractivity contribution in [3.8, 4) is 5.75 Å². The van der Waals surface area contributed by atoms with E-state index in [-0.39, 0.29) is 16.8 Å². The van der Waals surface area contributed by atoms with Gasteiger partial charge in [-0.2, -0.15) is 0 Å². The number of rotatable bonds is 5. The molecule has 0 heterocycles. The van der Waals surface area contributed by atoms with Crippen molar-refractivity contribution in [2.75, 3.05) is 11.9 Å². The Labute approximate surface area is 134 Å². The van der Waals surface area contributed by atoms with Crippen LogP contribution in [0.15, 0.2) is 18.2 Å². The molecular weight excluding hydrogens is 335 g/mol. The van der Waals surface area contributed by atoms with Crippen LogP contribution in [-0.2, 0) is 0 Å². The van der Waals surface area contributed by atoms with Crippen LogP contribution in [0.5, 0.6) is 5.75 Å². The maximum atomic E-state index is 13.8. The summed E-state index contributed by atoms with van der Waals surface area (Å²) in [7, 11) is 0. The van der Waals surface area contributed by atoms with Gasteiger partial charge in [0.05, 0.1) is 12.2 Å². The van der Waals surface area contributed by atoms with Crippen molar-refractivity contribution < 1.29 is 13.9 Å². The van der Waals surface area contributed by atoms with Gasteiger partial charge in [0, 0.05) is 16.8 Å². The first-order chi connectivity index (χ1) is 10.1. The van der Waals surface area contributed by atoms with E-state index < -0.39 is 5.82 Å². The van der Waals surface area contributed by atoms with Gasteiger partial charge in [0.2, 0.25) is 0 Å². The first-order valence-corrected chi connectivity index (χ1v) is 8.68. The Kier molecular flexibility index (Phi) is 5.80. The fourth-order valence-electron chi connectivity index (χ4n) is 2.90. The van der Waals surface area contributed by atoms with Crippen molar-refractivity contribution >= 4 is 21.7 Å². The summed E-state index contributed by atoms with van der Waals surface area (Å²) in [5, 5.41) is 0.911. The molecular formula is C17H22BrFO2. The van der Waals surface area contributed by atoms with Crippen LogP contribution in [0.4, 0.5) is 4.39 Å². The lowest BCUT2D eigenvalue weighted by Crippen LogP contribution is -2.30. The number of carbonyl (C=O) groups is 1. The molecule has 0 radical (unpaired) electrons. The van der Waals surface area contributed by atoms with Gasteiger partial charge in [0.25, 0.3) is 0 Å². The van der Waals surface area contributed by atoms with Gasteiger partial charge in [-0.3, -0.25) is 4.79 Å². The van der Waals surface area contributed by atoms with E-state index in [1.807, 2.05) is 0 Å². The average Bonchev–Trinajstić information content (AvgIpc) is 2.71. The molecule has 1 aromatic rings. The van der Waals surface area contributed by atoms with Crippen LogP contribution in [0.25, 0.3) is 0 Å². The third-order valence-electron chi connectivity index (χ3n) is 4.31. The summed E-state index contributed by atoms with van der Waals surface area (Å²) in [6, 6.07) is 4.49. The van der Waals surface area contributed by atoms with Crippen LogP contribution >= 0.6 is 15.9 Å². The van der Waals surface area contributed by atoms with Crippen molar-refractivity contribution in [2.24, 2.45) is 5.41 Å². The van der Waals surface area contributed by atoms with Gasteiger partial charge in [0.1, 0.15) is 11.6 Å². The molecule has 1 fully saturated rings. The van der Waals surface area contributed by atoms with Crippen molar-refractivity contribution in [3.05, 3.63) is 29.6 Å². The predicted molar refractivity (Wildman–Crippen MR) is 85.8 cm³/mol. The molecule has 1 aliphatic carbocycles. The van der Waals surface area contributed by atoms with Crippen molar-refractivity contribution in [2.45, 2.75) is 45.4 Å². The summed E-state index contributed by atoms with van der Waals surface area (Å²) in [4.78, 5) is 11.2. The molecule has 1 aliphatic rings. The van der Waals surface area contributed by atoms with E-state index in [9.17, 15) is 9.18 Å². The van der Waals surface area contributed by atoms with Crippen LogP contribution in [0, 0.1) is 11.2 Å². The van der Waals surface area contributed by atoms with E-state index in [0.717, 1.165) is 18.2 Å². The number of alkyl halides is 1. The molecule has 4 heteroatoms.